The largest absolute Gasteiger partial charge is 0.400 e. The number of aromatic nitrogens is 3. The predicted octanol–water partition coefficient (Wildman–Crippen LogP) is 4.14. The van der Waals surface area contributed by atoms with Gasteiger partial charge in [0.25, 0.3) is 5.91 Å². The molecule has 43 heavy (non-hydrogen) atoms. The van der Waals surface area contributed by atoms with Gasteiger partial charge in [0, 0.05) is 35.4 Å². The summed E-state index contributed by atoms with van der Waals surface area (Å²) in [6.07, 6.45) is 5.26. The van der Waals surface area contributed by atoms with Crippen molar-refractivity contribution in [2.24, 2.45) is 10.7 Å². The molecule has 14 heteroatoms. The van der Waals surface area contributed by atoms with Crippen molar-refractivity contribution in [2.75, 3.05) is 19.8 Å². The number of nitrogens with two attached hydrogens (primary N) is 1. The molecule has 5 rings (SSSR count). The highest BCUT2D eigenvalue weighted by atomic mass is 35.5. The van der Waals surface area contributed by atoms with E-state index >= 15 is 0 Å². The smallest absolute Gasteiger partial charge is 0.256 e. The molecule has 0 saturated heterocycles. The average molecular weight is 649 g/mol. The van der Waals surface area contributed by atoms with E-state index in [4.69, 9.17) is 28.9 Å². The van der Waals surface area contributed by atoms with Gasteiger partial charge in [-0.2, -0.15) is 15.4 Å². The van der Waals surface area contributed by atoms with Crippen molar-refractivity contribution < 1.29 is 17.6 Å². The summed E-state index contributed by atoms with van der Waals surface area (Å²) in [5.41, 5.74) is 10.5. The maximum atomic E-state index is 14.7. The fourth-order valence-corrected chi connectivity index (χ4v) is 7.19. The van der Waals surface area contributed by atoms with Crippen LogP contribution in [-0.2, 0) is 28.4 Å². The minimum absolute atomic E-state index is 0.0666. The number of halogens is 3. The lowest BCUT2D eigenvalue weighted by Crippen LogP contribution is -2.46. The predicted molar refractivity (Wildman–Crippen MR) is 164 cm³/mol. The summed E-state index contributed by atoms with van der Waals surface area (Å²) in [4.78, 5) is 19.8. The van der Waals surface area contributed by atoms with E-state index in [0.29, 0.717) is 71.9 Å². The summed E-state index contributed by atoms with van der Waals surface area (Å²) in [6, 6.07) is 7.34. The Hall–Kier alpha value is -3.32. The molecule has 1 atom stereocenters. The summed E-state index contributed by atoms with van der Waals surface area (Å²) in [7, 11) is -1.80. The van der Waals surface area contributed by atoms with Crippen molar-refractivity contribution in [2.45, 2.75) is 50.6 Å². The van der Waals surface area contributed by atoms with Crippen LogP contribution in [-0.4, -0.2) is 66.2 Å². The molecule has 1 aliphatic heterocycles. The van der Waals surface area contributed by atoms with Gasteiger partial charge in [-0.3, -0.25) is 9.79 Å². The molecule has 228 valence electrons. The van der Waals surface area contributed by atoms with Crippen LogP contribution in [0.1, 0.15) is 58.9 Å². The van der Waals surface area contributed by atoms with E-state index in [0.717, 1.165) is 23.5 Å². The van der Waals surface area contributed by atoms with Gasteiger partial charge in [-0.05, 0) is 80.5 Å². The summed E-state index contributed by atoms with van der Waals surface area (Å²) in [5, 5.41) is 11.0. The maximum Gasteiger partial charge on any atom is 0.256 e. The van der Waals surface area contributed by atoms with Gasteiger partial charge in [-0.25, -0.2) is 17.5 Å². The number of aromatic amines is 1. The van der Waals surface area contributed by atoms with Crippen LogP contribution in [0.3, 0.4) is 0 Å². The van der Waals surface area contributed by atoms with Crippen LogP contribution in [0, 0.1) is 5.82 Å². The maximum absolute atomic E-state index is 14.7. The molecule has 0 bridgehead atoms. The number of sulfonamides is 1. The van der Waals surface area contributed by atoms with Gasteiger partial charge in [0.15, 0.2) is 0 Å². The van der Waals surface area contributed by atoms with E-state index in [1.165, 1.54) is 6.07 Å². The minimum atomic E-state index is -3.44. The van der Waals surface area contributed by atoms with Crippen molar-refractivity contribution in [1.29, 1.82) is 0 Å². The molecule has 0 unspecified atom stereocenters. The SMILES string of the molecule is CN=C(C1=C(N)[C@H](C)N(C(=O)c2cc(F)cc(CCc3cn[nH]n3)c2Cl)CC1)c1cc(Cl)cc(C2(NS(C)(=O)=O)CC2)c1. The average Bonchev–Trinajstić information content (AvgIpc) is 3.51. The number of carbonyl (C=O) groups is 1. The van der Waals surface area contributed by atoms with Crippen molar-refractivity contribution in [1.82, 2.24) is 25.0 Å². The minimum Gasteiger partial charge on any atom is -0.400 e. The third-order valence-corrected chi connectivity index (χ3v) is 9.38. The first-order valence-electron chi connectivity index (χ1n) is 13.7. The van der Waals surface area contributed by atoms with Crippen molar-refractivity contribution in [3.63, 3.8) is 0 Å². The van der Waals surface area contributed by atoms with Gasteiger partial charge < -0.3 is 10.6 Å². The van der Waals surface area contributed by atoms with Crippen LogP contribution < -0.4 is 10.5 Å². The van der Waals surface area contributed by atoms with Gasteiger partial charge in [-0.15, -0.1) is 0 Å². The molecule has 1 aliphatic carbocycles. The Balaban J connectivity index is 1.41. The van der Waals surface area contributed by atoms with E-state index in [1.54, 1.807) is 37.2 Å². The number of amides is 1. The number of nitrogens with zero attached hydrogens (tertiary/aromatic N) is 4. The number of H-pyrrole nitrogens is 1. The van der Waals surface area contributed by atoms with E-state index < -0.39 is 33.3 Å². The zero-order chi connectivity index (χ0) is 31.1. The van der Waals surface area contributed by atoms with Gasteiger partial charge >= 0.3 is 0 Å². The monoisotopic (exact) mass is 647 g/mol. The first-order chi connectivity index (χ1) is 20.3. The quantitative estimate of drug-likeness (QED) is 0.298. The fourth-order valence-electron chi connectivity index (χ4n) is 5.64. The highest BCUT2D eigenvalue weighted by Crippen LogP contribution is 2.47. The Bertz CT molecular complexity index is 1740. The highest BCUT2D eigenvalue weighted by molar-refractivity contribution is 7.88. The van der Waals surface area contributed by atoms with Crippen molar-refractivity contribution in [3.8, 4) is 0 Å². The summed E-state index contributed by atoms with van der Waals surface area (Å²) >= 11 is 13.1. The first kappa shape index (κ1) is 31.1. The second-order valence-corrected chi connectivity index (χ2v) is 13.6. The van der Waals surface area contributed by atoms with Crippen LogP contribution in [0.5, 0.6) is 0 Å². The number of rotatable bonds is 9. The molecule has 4 N–H and O–H groups in total. The first-order valence-corrected chi connectivity index (χ1v) is 16.4. The van der Waals surface area contributed by atoms with Crippen LogP contribution in [0.15, 0.2) is 52.8 Å². The standard InChI is InChI=1S/C29H32Cl2FN7O3S/c1-16-26(33)23(27(34-2)18-10-19(13-20(30)11-18)29(7-8-29)37-43(3,41)42)6-9-39(16)28(40)24-14-21(32)12-17(25(24)31)4-5-22-15-35-38-36-22/h10-16,37H,4-9,33H2,1-3H3,(H,35,36,38)/t16-/m0/s1. The lowest BCUT2D eigenvalue weighted by Gasteiger charge is -2.36. The number of aryl methyl sites for hydroxylation is 2. The van der Waals surface area contributed by atoms with Crippen LogP contribution in [0.25, 0.3) is 0 Å². The van der Waals surface area contributed by atoms with Crippen LogP contribution in [0.4, 0.5) is 4.39 Å². The zero-order valence-electron chi connectivity index (χ0n) is 23.9. The summed E-state index contributed by atoms with van der Waals surface area (Å²) < 4.78 is 41.4. The van der Waals surface area contributed by atoms with E-state index in [9.17, 15) is 17.6 Å². The molecule has 1 fully saturated rings. The number of carbonyl (C=O) groups excluding carboxylic acids is 1. The van der Waals surface area contributed by atoms with Gasteiger partial charge in [0.1, 0.15) is 5.82 Å². The highest BCUT2D eigenvalue weighted by Gasteiger charge is 2.47. The van der Waals surface area contributed by atoms with Gasteiger partial charge in [0.05, 0.1) is 46.0 Å². The molecule has 1 amide bonds. The lowest BCUT2D eigenvalue weighted by atomic mass is 9.90. The zero-order valence-corrected chi connectivity index (χ0v) is 26.2. The fraction of sp³-hybridized carbons (Fsp3) is 0.379. The molecule has 2 heterocycles. The Kier molecular flexibility index (Phi) is 8.68. The Morgan fingerprint density at radius 3 is 2.60 bits per heavy atom. The number of hydrogen-bond donors (Lipinski definition) is 3. The number of hydrogen-bond acceptors (Lipinski definition) is 7. The Morgan fingerprint density at radius 2 is 1.98 bits per heavy atom. The van der Waals surface area contributed by atoms with Crippen molar-refractivity contribution >= 4 is 44.8 Å². The van der Waals surface area contributed by atoms with Crippen LogP contribution in [0.2, 0.25) is 10.0 Å². The number of aliphatic imine (C=N–C) groups is 1. The molecular weight excluding hydrogens is 616 g/mol. The molecule has 10 nitrogen and oxygen atoms in total. The number of benzene rings is 2. The van der Waals surface area contributed by atoms with E-state index in [-0.39, 0.29) is 10.6 Å². The summed E-state index contributed by atoms with van der Waals surface area (Å²) in [6.45, 7) is 2.10. The Morgan fingerprint density at radius 1 is 1.23 bits per heavy atom. The molecule has 0 radical (unpaired) electrons. The van der Waals surface area contributed by atoms with E-state index in [2.05, 4.69) is 25.1 Å². The molecule has 0 spiro atoms. The topological polar surface area (TPSA) is 146 Å². The molecule has 1 aromatic heterocycles. The molecule has 2 aromatic carbocycles. The van der Waals surface area contributed by atoms with Gasteiger partial charge in [-0.1, -0.05) is 23.2 Å². The second-order valence-electron chi connectivity index (χ2n) is 11.0. The van der Waals surface area contributed by atoms with Gasteiger partial charge in [0.2, 0.25) is 10.0 Å². The molecule has 2 aliphatic rings. The Labute approximate surface area is 259 Å². The van der Waals surface area contributed by atoms with E-state index in [1.807, 2.05) is 6.07 Å². The normalized spacial score (nSPS) is 18.7. The van der Waals surface area contributed by atoms with Crippen molar-refractivity contribution in [3.05, 3.63) is 91.6 Å². The molecule has 3 aromatic rings. The third-order valence-electron chi connectivity index (χ3n) is 7.95. The summed E-state index contributed by atoms with van der Waals surface area (Å²) in [5.74, 6) is -0.989. The second kappa shape index (κ2) is 12.0. The third kappa shape index (κ3) is 6.62. The number of nitrogens with one attached hydrogen (secondary N) is 2. The van der Waals surface area contributed by atoms with Crippen LogP contribution >= 0.6 is 23.2 Å². The lowest BCUT2D eigenvalue weighted by molar-refractivity contribution is 0.0706. The molecular formula is C29H32Cl2FN7O3S. The molecule has 1 saturated carbocycles.